The van der Waals surface area contributed by atoms with Crippen LogP contribution in [0, 0.1) is 0 Å². The smallest absolute Gasteiger partial charge is 0.317 e. The van der Waals surface area contributed by atoms with E-state index in [2.05, 4.69) is 12.2 Å². The number of hydrogen-bond acceptors (Lipinski definition) is 3. The Balaban J connectivity index is 3.63. The minimum atomic E-state index is -0.826. The van der Waals surface area contributed by atoms with Crippen LogP contribution in [0.1, 0.15) is 26.2 Å². The minimum absolute atomic E-state index is 0.0983. The summed E-state index contributed by atoms with van der Waals surface area (Å²) in [5, 5.41) is 11.8. The van der Waals surface area contributed by atoms with E-state index >= 15 is 0 Å². The van der Waals surface area contributed by atoms with Gasteiger partial charge in [0, 0.05) is 31.8 Å². The summed E-state index contributed by atoms with van der Waals surface area (Å²) in [4.78, 5) is 23.4. The lowest BCUT2D eigenvalue weighted by molar-refractivity contribution is -0.137. The molecule has 0 spiro atoms. The number of thioether (sulfide) groups is 1. The summed E-state index contributed by atoms with van der Waals surface area (Å²) >= 11 is 1.77. The predicted molar refractivity (Wildman–Crippen MR) is 70.5 cm³/mol. The van der Waals surface area contributed by atoms with Crippen molar-refractivity contribution in [2.75, 3.05) is 26.4 Å². The fourth-order valence-electron chi connectivity index (χ4n) is 1.20. The molecule has 100 valence electrons. The van der Waals surface area contributed by atoms with Gasteiger partial charge in [0.2, 0.25) is 0 Å². The normalized spacial score (nSPS) is 11.9. The molecule has 0 aliphatic heterocycles. The second-order valence-electron chi connectivity index (χ2n) is 3.99. The molecule has 0 aliphatic rings. The molecule has 0 bridgehead atoms. The highest BCUT2D eigenvalue weighted by atomic mass is 32.2. The fraction of sp³-hybridized carbons (Fsp3) is 0.818. The number of carboxylic acids is 1. The number of carboxylic acid groups (broad SMARTS) is 1. The van der Waals surface area contributed by atoms with Gasteiger partial charge in [0.05, 0.1) is 0 Å². The Hall–Kier alpha value is -0.910. The van der Waals surface area contributed by atoms with Crippen molar-refractivity contribution >= 4 is 23.8 Å². The zero-order valence-electron chi connectivity index (χ0n) is 10.7. The molecule has 17 heavy (non-hydrogen) atoms. The Labute approximate surface area is 107 Å². The predicted octanol–water partition coefficient (Wildman–Crippen LogP) is 1.63. The van der Waals surface area contributed by atoms with Crippen molar-refractivity contribution in [2.45, 2.75) is 31.4 Å². The largest absolute Gasteiger partial charge is 0.481 e. The van der Waals surface area contributed by atoms with Gasteiger partial charge in [-0.15, -0.1) is 0 Å². The summed E-state index contributed by atoms with van der Waals surface area (Å²) in [6.07, 6.45) is 3.57. The second kappa shape index (κ2) is 9.15. The molecule has 6 heteroatoms. The average molecular weight is 262 g/mol. The number of hydrogen-bond donors (Lipinski definition) is 2. The molecule has 0 aliphatic carbocycles. The number of carbonyl (C=O) groups is 2. The first-order chi connectivity index (χ1) is 7.97. The van der Waals surface area contributed by atoms with Gasteiger partial charge in [-0.25, -0.2) is 4.79 Å². The van der Waals surface area contributed by atoms with E-state index in [0.717, 1.165) is 6.42 Å². The quantitative estimate of drug-likeness (QED) is 0.697. The van der Waals surface area contributed by atoms with Gasteiger partial charge >= 0.3 is 12.0 Å². The second-order valence-corrected chi connectivity index (χ2v) is 5.26. The maximum Gasteiger partial charge on any atom is 0.317 e. The number of amides is 2. The van der Waals surface area contributed by atoms with Crippen LogP contribution in [0.5, 0.6) is 0 Å². The van der Waals surface area contributed by atoms with Crippen LogP contribution < -0.4 is 5.32 Å². The minimum Gasteiger partial charge on any atom is -0.481 e. The lowest BCUT2D eigenvalue weighted by Gasteiger charge is -2.18. The summed E-state index contributed by atoms with van der Waals surface area (Å²) in [7, 11) is 1.68. The van der Waals surface area contributed by atoms with Crippen molar-refractivity contribution in [3.63, 3.8) is 0 Å². The highest BCUT2D eigenvalue weighted by Gasteiger charge is 2.08. The summed E-state index contributed by atoms with van der Waals surface area (Å²) in [6, 6.07) is -0.135. The highest BCUT2D eigenvalue weighted by Crippen LogP contribution is 2.07. The van der Waals surface area contributed by atoms with Crippen LogP contribution in [0.25, 0.3) is 0 Å². The molecule has 1 atom stereocenters. The third-order valence-electron chi connectivity index (χ3n) is 2.46. The van der Waals surface area contributed by atoms with Crippen molar-refractivity contribution in [3.05, 3.63) is 0 Å². The molecule has 0 fully saturated rings. The Morgan fingerprint density at radius 1 is 1.47 bits per heavy atom. The van der Waals surface area contributed by atoms with E-state index in [1.807, 2.05) is 6.26 Å². The van der Waals surface area contributed by atoms with Crippen LogP contribution in [0.15, 0.2) is 0 Å². The van der Waals surface area contributed by atoms with Crippen LogP contribution >= 0.6 is 11.8 Å². The SMILES string of the molecule is CSC(C)CCNC(=O)N(C)CCCC(=O)O. The molecular formula is C11H22N2O3S. The monoisotopic (exact) mass is 262 g/mol. The summed E-state index contributed by atoms with van der Waals surface area (Å²) < 4.78 is 0. The zero-order chi connectivity index (χ0) is 13.3. The van der Waals surface area contributed by atoms with Crippen molar-refractivity contribution in [3.8, 4) is 0 Å². The number of rotatable bonds is 8. The first kappa shape index (κ1) is 16.1. The van der Waals surface area contributed by atoms with Crippen molar-refractivity contribution < 1.29 is 14.7 Å². The number of carbonyl (C=O) groups excluding carboxylic acids is 1. The fourth-order valence-corrected chi connectivity index (χ4v) is 1.56. The molecule has 0 saturated heterocycles. The van der Waals surface area contributed by atoms with Gasteiger partial charge in [-0.3, -0.25) is 4.79 Å². The van der Waals surface area contributed by atoms with Crippen molar-refractivity contribution in [2.24, 2.45) is 0 Å². The Kier molecular flexibility index (Phi) is 8.66. The molecule has 0 aromatic rings. The third-order valence-corrected chi connectivity index (χ3v) is 3.50. The van der Waals surface area contributed by atoms with Gasteiger partial charge < -0.3 is 15.3 Å². The molecule has 2 amide bonds. The molecule has 0 saturated carbocycles. The summed E-state index contributed by atoms with van der Waals surface area (Å²) in [5.41, 5.74) is 0. The first-order valence-corrected chi connectivity index (χ1v) is 6.99. The molecule has 1 unspecified atom stereocenters. The number of nitrogens with one attached hydrogen (secondary N) is 1. The molecule has 2 N–H and O–H groups in total. The molecule has 5 nitrogen and oxygen atoms in total. The van der Waals surface area contributed by atoms with E-state index in [4.69, 9.17) is 5.11 Å². The molecule has 0 aromatic heterocycles. The maximum absolute atomic E-state index is 11.5. The van der Waals surface area contributed by atoms with Gasteiger partial charge in [0.1, 0.15) is 0 Å². The Bertz CT molecular complexity index is 249. The van der Waals surface area contributed by atoms with Crippen molar-refractivity contribution in [1.82, 2.24) is 10.2 Å². The molecule has 0 rings (SSSR count). The van der Waals surface area contributed by atoms with E-state index < -0.39 is 5.97 Å². The van der Waals surface area contributed by atoms with E-state index in [0.29, 0.717) is 24.8 Å². The Morgan fingerprint density at radius 3 is 2.65 bits per heavy atom. The van der Waals surface area contributed by atoms with E-state index in [-0.39, 0.29) is 12.5 Å². The lowest BCUT2D eigenvalue weighted by Crippen LogP contribution is -2.38. The number of aliphatic carboxylic acids is 1. The van der Waals surface area contributed by atoms with Gasteiger partial charge in [0.15, 0.2) is 0 Å². The molecule has 0 heterocycles. The van der Waals surface area contributed by atoms with Crippen LogP contribution in [0.4, 0.5) is 4.79 Å². The maximum atomic E-state index is 11.5. The van der Waals surface area contributed by atoms with E-state index in [9.17, 15) is 9.59 Å². The average Bonchev–Trinajstić information content (AvgIpc) is 2.27. The highest BCUT2D eigenvalue weighted by molar-refractivity contribution is 7.99. The molecular weight excluding hydrogens is 240 g/mol. The third kappa shape index (κ3) is 8.85. The lowest BCUT2D eigenvalue weighted by atomic mass is 10.3. The van der Waals surface area contributed by atoms with Gasteiger partial charge in [-0.05, 0) is 19.1 Å². The molecule has 0 aromatic carbocycles. The first-order valence-electron chi connectivity index (χ1n) is 5.71. The molecule has 0 radical (unpaired) electrons. The van der Waals surface area contributed by atoms with Crippen LogP contribution in [0.3, 0.4) is 0 Å². The van der Waals surface area contributed by atoms with E-state index in [1.54, 1.807) is 18.8 Å². The van der Waals surface area contributed by atoms with Gasteiger partial charge in [-0.2, -0.15) is 11.8 Å². The van der Waals surface area contributed by atoms with Crippen molar-refractivity contribution in [1.29, 1.82) is 0 Å². The zero-order valence-corrected chi connectivity index (χ0v) is 11.5. The van der Waals surface area contributed by atoms with Crippen LogP contribution in [-0.4, -0.2) is 53.6 Å². The van der Waals surface area contributed by atoms with Crippen LogP contribution in [0.2, 0.25) is 0 Å². The van der Waals surface area contributed by atoms with E-state index in [1.165, 1.54) is 4.90 Å². The summed E-state index contributed by atoms with van der Waals surface area (Å²) in [5.74, 6) is -0.826. The number of urea groups is 1. The standard InChI is InChI=1S/C11H22N2O3S/c1-9(17-3)6-7-12-11(16)13(2)8-4-5-10(14)15/h9H,4-8H2,1-3H3,(H,12,16)(H,14,15). The summed E-state index contributed by atoms with van der Waals surface area (Å²) in [6.45, 7) is 3.24. The number of nitrogens with zero attached hydrogens (tertiary/aromatic N) is 1. The van der Waals surface area contributed by atoms with Gasteiger partial charge in [0.25, 0.3) is 0 Å². The Morgan fingerprint density at radius 2 is 2.12 bits per heavy atom. The van der Waals surface area contributed by atoms with Crippen LogP contribution in [-0.2, 0) is 4.79 Å². The van der Waals surface area contributed by atoms with Gasteiger partial charge in [-0.1, -0.05) is 6.92 Å². The topological polar surface area (TPSA) is 69.6 Å².